The first kappa shape index (κ1) is 12.9. The van der Waals surface area contributed by atoms with Gasteiger partial charge >= 0.3 is 0 Å². The predicted molar refractivity (Wildman–Crippen MR) is 83.4 cm³/mol. The molecule has 2 fully saturated rings. The van der Waals surface area contributed by atoms with Gasteiger partial charge in [0, 0.05) is 34.1 Å². The lowest BCUT2D eigenvalue weighted by atomic mass is 10.2. The van der Waals surface area contributed by atoms with E-state index in [1.165, 1.54) is 39.5 Å². The highest BCUT2D eigenvalue weighted by molar-refractivity contribution is 9.11. The molecule has 0 aromatic heterocycles. The zero-order chi connectivity index (χ0) is 12.7. The van der Waals surface area contributed by atoms with Crippen molar-refractivity contribution >= 4 is 37.5 Å². The summed E-state index contributed by atoms with van der Waals surface area (Å²) in [6.45, 7) is 4.39. The maximum atomic E-state index is 3.73. The minimum Gasteiger partial charge on any atom is -0.368 e. The second kappa shape index (κ2) is 5.14. The van der Waals surface area contributed by atoms with Crippen molar-refractivity contribution in [2.24, 2.45) is 0 Å². The van der Waals surface area contributed by atoms with E-state index < -0.39 is 0 Å². The summed E-state index contributed by atoms with van der Waals surface area (Å²) in [5.74, 6) is 0. The van der Waals surface area contributed by atoms with Gasteiger partial charge in [-0.2, -0.15) is 0 Å². The van der Waals surface area contributed by atoms with E-state index in [-0.39, 0.29) is 0 Å². The molecule has 2 aliphatic rings. The minimum absolute atomic E-state index is 0.664. The van der Waals surface area contributed by atoms with Crippen LogP contribution >= 0.6 is 31.9 Å². The first-order valence-electron chi connectivity index (χ1n) is 6.60. The second-order valence-corrected chi connectivity index (χ2v) is 7.16. The zero-order valence-electron chi connectivity index (χ0n) is 10.5. The van der Waals surface area contributed by atoms with Crippen LogP contribution in [-0.2, 0) is 0 Å². The average molecular weight is 374 g/mol. The first-order valence-corrected chi connectivity index (χ1v) is 8.19. The van der Waals surface area contributed by atoms with Gasteiger partial charge in [0.2, 0.25) is 0 Å². The summed E-state index contributed by atoms with van der Waals surface area (Å²) in [7, 11) is 0. The van der Waals surface area contributed by atoms with Crippen molar-refractivity contribution in [1.29, 1.82) is 0 Å². The fourth-order valence-corrected chi connectivity index (χ4v) is 4.59. The molecular weight excluding hydrogens is 356 g/mol. The number of nitrogens with zero attached hydrogens (tertiary/aromatic N) is 1. The van der Waals surface area contributed by atoms with Crippen LogP contribution < -0.4 is 10.2 Å². The van der Waals surface area contributed by atoms with E-state index >= 15 is 0 Å². The van der Waals surface area contributed by atoms with E-state index in [1.807, 2.05) is 0 Å². The molecule has 1 heterocycles. The fraction of sp³-hybridized carbons (Fsp3) is 0.571. The Morgan fingerprint density at radius 2 is 1.78 bits per heavy atom. The lowest BCUT2D eigenvalue weighted by molar-refractivity contribution is 0.548. The quantitative estimate of drug-likeness (QED) is 0.865. The molecule has 0 radical (unpaired) electrons. The second-order valence-electron chi connectivity index (χ2n) is 5.45. The monoisotopic (exact) mass is 372 g/mol. The van der Waals surface area contributed by atoms with Gasteiger partial charge < -0.3 is 10.2 Å². The van der Waals surface area contributed by atoms with Crippen molar-refractivity contribution in [1.82, 2.24) is 5.32 Å². The third-order valence-electron chi connectivity index (χ3n) is 3.71. The maximum absolute atomic E-state index is 3.73. The highest BCUT2D eigenvalue weighted by Crippen LogP contribution is 2.37. The van der Waals surface area contributed by atoms with Gasteiger partial charge in [-0.3, -0.25) is 0 Å². The molecule has 4 heteroatoms. The van der Waals surface area contributed by atoms with Crippen LogP contribution in [0.2, 0.25) is 0 Å². The summed E-state index contributed by atoms with van der Waals surface area (Å²) < 4.78 is 2.39. The highest BCUT2D eigenvalue weighted by atomic mass is 79.9. The number of nitrogens with one attached hydrogen (secondary N) is 1. The Labute approximate surface area is 125 Å². The number of hydrogen-bond acceptors (Lipinski definition) is 2. The van der Waals surface area contributed by atoms with E-state index in [0.29, 0.717) is 6.04 Å². The number of anilines is 1. The van der Waals surface area contributed by atoms with E-state index in [4.69, 9.17) is 0 Å². The summed E-state index contributed by atoms with van der Waals surface area (Å²) >= 11 is 7.40. The third kappa shape index (κ3) is 2.75. The van der Waals surface area contributed by atoms with Crippen LogP contribution in [0.5, 0.6) is 0 Å². The third-order valence-corrected chi connectivity index (χ3v) is 4.92. The minimum atomic E-state index is 0.664. The molecule has 1 saturated carbocycles. The molecule has 1 aliphatic heterocycles. The Hall–Kier alpha value is -0.0600. The van der Waals surface area contributed by atoms with Crippen LogP contribution in [0.3, 0.4) is 0 Å². The standard InChI is InChI=1S/C14H18Br2N2/c1-9-6-12(15)14(13(16)7-9)18-5-4-11(8-18)17-10-2-3-10/h6-7,10-11,17H,2-5,8H2,1H3. The van der Waals surface area contributed by atoms with Crippen LogP contribution in [-0.4, -0.2) is 25.2 Å². The molecule has 0 bridgehead atoms. The van der Waals surface area contributed by atoms with Crippen LogP contribution in [0.15, 0.2) is 21.1 Å². The van der Waals surface area contributed by atoms with Crippen LogP contribution in [0, 0.1) is 6.92 Å². The largest absolute Gasteiger partial charge is 0.368 e. The Morgan fingerprint density at radius 3 is 2.39 bits per heavy atom. The van der Waals surface area contributed by atoms with E-state index in [1.54, 1.807) is 0 Å². The molecule has 3 rings (SSSR count). The normalized spacial score (nSPS) is 23.7. The lowest BCUT2D eigenvalue weighted by Crippen LogP contribution is -2.34. The highest BCUT2D eigenvalue weighted by Gasteiger charge is 2.30. The SMILES string of the molecule is Cc1cc(Br)c(N2CCC(NC3CC3)C2)c(Br)c1. The smallest absolute Gasteiger partial charge is 0.0655 e. The molecule has 1 aromatic rings. The Bertz CT molecular complexity index is 434. The number of rotatable bonds is 3. The Balaban J connectivity index is 1.75. The van der Waals surface area contributed by atoms with Crippen molar-refractivity contribution in [3.8, 4) is 0 Å². The van der Waals surface area contributed by atoms with Gasteiger partial charge in [-0.25, -0.2) is 0 Å². The Morgan fingerprint density at radius 1 is 1.11 bits per heavy atom. The number of benzene rings is 1. The molecule has 98 valence electrons. The first-order chi connectivity index (χ1) is 8.63. The van der Waals surface area contributed by atoms with Gasteiger partial charge in [-0.1, -0.05) is 0 Å². The molecule has 2 nitrogen and oxygen atoms in total. The van der Waals surface area contributed by atoms with Gasteiger partial charge in [-0.05, 0) is 75.7 Å². The number of halogens is 2. The molecule has 0 amide bonds. The van der Waals surface area contributed by atoms with E-state index in [0.717, 1.165) is 19.1 Å². The van der Waals surface area contributed by atoms with Crippen LogP contribution in [0.1, 0.15) is 24.8 Å². The molecule has 0 spiro atoms. The van der Waals surface area contributed by atoms with Gasteiger partial charge in [0.15, 0.2) is 0 Å². The van der Waals surface area contributed by atoms with Gasteiger partial charge in [0.1, 0.15) is 0 Å². The molecule has 1 N–H and O–H groups in total. The molecular formula is C14H18Br2N2. The van der Waals surface area contributed by atoms with Crippen molar-refractivity contribution in [3.63, 3.8) is 0 Å². The molecule has 1 aromatic carbocycles. The average Bonchev–Trinajstić information content (AvgIpc) is 2.96. The number of hydrogen-bond donors (Lipinski definition) is 1. The lowest BCUT2D eigenvalue weighted by Gasteiger charge is -2.22. The van der Waals surface area contributed by atoms with Crippen molar-refractivity contribution in [2.45, 2.75) is 38.3 Å². The summed E-state index contributed by atoms with van der Waals surface area (Å²) in [6.07, 6.45) is 3.99. The van der Waals surface area contributed by atoms with Crippen molar-refractivity contribution < 1.29 is 0 Å². The molecule has 1 aliphatic carbocycles. The summed E-state index contributed by atoms with van der Waals surface area (Å²) in [6, 6.07) is 5.86. The predicted octanol–water partition coefficient (Wildman–Crippen LogP) is 3.85. The summed E-state index contributed by atoms with van der Waals surface area (Å²) in [5.41, 5.74) is 2.59. The van der Waals surface area contributed by atoms with Crippen LogP contribution in [0.25, 0.3) is 0 Å². The topological polar surface area (TPSA) is 15.3 Å². The van der Waals surface area contributed by atoms with Gasteiger partial charge in [0.25, 0.3) is 0 Å². The molecule has 1 unspecified atom stereocenters. The van der Waals surface area contributed by atoms with Crippen molar-refractivity contribution in [3.05, 3.63) is 26.6 Å². The van der Waals surface area contributed by atoms with Gasteiger partial charge in [-0.15, -0.1) is 0 Å². The number of aryl methyl sites for hydroxylation is 1. The zero-order valence-corrected chi connectivity index (χ0v) is 13.7. The van der Waals surface area contributed by atoms with Crippen molar-refractivity contribution in [2.75, 3.05) is 18.0 Å². The van der Waals surface area contributed by atoms with E-state index in [2.05, 4.69) is 61.1 Å². The Kier molecular flexibility index (Phi) is 3.70. The molecule has 1 saturated heterocycles. The maximum Gasteiger partial charge on any atom is 0.0655 e. The fourth-order valence-electron chi connectivity index (χ4n) is 2.68. The molecule has 18 heavy (non-hydrogen) atoms. The molecule has 1 atom stereocenters. The van der Waals surface area contributed by atoms with Gasteiger partial charge in [0.05, 0.1) is 5.69 Å². The summed E-state index contributed by atoms with van der Waals surface area (Å²) in [5, 5.41) is 3.73. The summed E-state index contributed by atoms with van der Waals surface area (Å²) in [4.78, 5) is 2.48. The van der Waals surface area contributed by atoms with E-state index in [9.17, 15) is 0 Å². The van der Waals surface area contributed by atoms with Crippen LogP contribution in [0.4, 0.5) is 5.69 Å².